The van der Waals surface area contributed by atoms with Crippen molar-refractivity contribution in [1.29, 1.82) is 0 Å². The number of nitrogens with one attached hydrogen (secondary N) is 1. The number of halogens is 1. The van der Waals surface area contributed by atoms with Crippen LogP contribution in [-0.4, -0.2) is 38.3 Å². The molecule has 0 spiro atoms. The topological polar surface area (TPSA) is 83.1 Å². The van der Waals surface area contributed by atoms with Crippen LogP contribution in [0.1, 0.15) is 31.4 Å². The number of rotatable bonds is 7. The van der Waals surface area contributed by atoms with E-state index in [9.17, 15) is 13.2 Å². The molecule has 1 atom stereocenters. The quantitative estimate of drug-likeness (QED) is 0.718. The third kappa shape index (κ3) is 5.11. The number of amides is 1. The Labute approximate surface area is 170 Å². The molecule has 1 amide bonds. The molecule has 0 unspecified atom stereocenters. The van der Waals surface area contributed by atoms with Crippen LogP contribution in [-0.2, 0) is 14.8 Å². The summed E-state index contributed by atoms with van der Waals surface area (Å²) in [6.07, 6.45) is 1.80. The first-order chi connectivity index (χ1) is 13.4. The molecule has 1 aliphatic heterocycles. The minimum atomic E-state index is -3.43. The Balaban J connectivity index is 1.53. The zero-order valence-corrected chi connectivity index (χ0v) is 17.3. The number of hydrogen-bond acceptors (Lipinski definition) is 3. The van der Waals surface area contributed by atoms with Gasteiger partial charge in [0.1, 0.15) is 6.04 Å². The highest BCUT2D eigenvalue weighted by Crippen LogP contribution is 2.22. The van der Waals surface area contributed by atoms with Gasteiger partial charge >= 0.3 is 0 Å². The molecule has 1 aliphatic rings. The first-order valence-electron chi connectivity index (χ1n) is 9.35. The Bertz CT molecular complexity index is 909. The van der Waals surface area contributed by atoms with Crippen LogP contribution in [0.15, 0.2) is 53.4 Å². The lowest BCUT2D eigenvalue weighted by Gasteiger charge is -2.15. The van der Waals surface area contributed by atoms with Crippen LogP contribution < -0.4 is 10.6 Å². The smallest absolute Gasteiger partial charge is 0.279 e. The van der Waals surface area contributed by atoms with Crippen LogP contribution in [0.2, 0.25) is 5.02 Å². The summed E-state index contributed by atoms with van der Waals surface area (Å²) < 4.78 is 26.6. The Kier molecular flexibility index (Phi) is 6.72. The molecule has 2 aromatic carbocycles. The van der Waals surface area contributed by atoms with Gasteiger partial charge in [-0.05, 0) is 56.2 Å². The second-order valence-corrected chi connectivity index (χ2v) is 9.34. The van der Waals surface area contributed by atoms with Gasteiger partial charge in [0.2, 0.25) is 10.0 Å². The highest BCUT2D eigenvalue weighted by molar-refractivity contribution is 7.89. The summed E-state index contributed by atoms with van der Waals surface area (Å²) in [5.41, 5.74) is 1.67. The van der Waals surface area contributed by atoms with Gasteiger partial charge in [-0.3, -0.25) is 4.79 Å². The zero-order valence-electron chi connectivity index (χ0n) is 15.8. The molecular weight excluding hydrogens is 398 g/mol. The number of hydrogen-bond donors (Lipinski definition) is 2. The number of nitrogens with zero attached hydrogens (tertiary/aromatic N) is 1. The molecule has 0 radical (unpaired) electrons. The van der Waals surface area contributed by atoms with Crippen molar-refractivity contribution in [2.24, 2.45) is 0 Å². The number of nitrogens with two attached hydrogens (primary N) is 1. The van der Waals surface area contributed by atoms with Crippen molar-refractivity contribution >= 4 is 33.2 Å². The zero-order chi connectivity index (χ0) is 20.1. The van der Waals surface area contributed by atoms with Crippen LogP contribution in [0.4, 0.5) is 5.69 Å². The number of benzene rings is 2. The Morgan fingerprint density at radius 1 is 1.11 bits per heavy atom. The van der Waals surface area contributed by atoms with Gasteiger partial charge in [-0.15, -0.1) is 0 Å². The molecule has 0 bridgehead atoms. The van der Waals surface area contributed by atoms with Crippen molar-refractivity contribution in [3.05, 3.63) is 59.1 Å². The van der Waals surface area contributed by atoms with Gasteiger partial charge in [-0.25, -0.2) is 8.42 Å². The molecule has 6 nitrogen and oxygen atoms in total. The third-order valence-electron chi connectivity index (χ3n) is 4.89. The van der Waals surface area contributed by atoms with Crippen LogP contribution in [0.5, 0.6) is 0 Å². The Hall–Kier alpha value is -1.93. The van der Waals surface area contributed by atoms with Crippen LogP contribution in [0, 0.1) is 0 Å². The highest BCUT2D eigenvalue weighted by Gasteiger charge is 2.26. The number of carbonyl (C=O) groups is 1. The summed E-state index contributed by atoms with van der Waals surface area (Å²) >= 11 is 5.90. The summed E-state index contributed by atoms with van der Waals surface area (Å²) in [7, 11) is -3.43. The summed E-state index contributed by atoms with van der Waals surface area (Å²) in [6, 6.07) is 14.0. The van der Waals surface area contributed by atoms with E-state index in [-0.39, 0.29) is 23.4 Å². The van der Waals surface area contributed by atoms with E-state index < -0.39 is 10.0 Å². The van der Waals surface area contributed by atoms with Crippen molar-refractivity contribution in [1.82, 2.24) is 4.31 Å². The number of anilines is 1. The molecule has 3 N–H and O–H groups in total. The van der Waals surface area contributed by atoms with E-state index in [2.05, 4.69) is 5.32 Å². The molecular formula is C20H25ClN3O3S+. The lowest BCUT2D eigenvalue weighted by atomic mass is 10.1. The molecule has 1 heterocycles. The van der Waals surface area contributed by atoms with E-state index in [1.165, 1.54) is 4.31 Å². The van der Waals surface area contributed by atoms with Gasteiger partial charge < -0.3 is 10.6 Å². The van der Waals surface area contributed by atoms with E-state index in [0.717, 1.165) is 18.4 Å². The van der Waals surface area contributed by atoms with Crippen molar-refractivity contribution < 1.29 is 18.5 Å². The fourth-order valence-corrected chi connectivity index (χ4v) is 4.83. The highest BCUT2D eigenvalue weighted by atomic mass is 35.5. The molecule has 150 valence electrons. The van der Waals surface area contributed by atoms with Gasteiger partial charge in [0.25, 0.3) is 5.91 Å². The monoisotopic (exact) mass is 422 g/mol. The first kappa shape index (κ1) is 20.8. The summed E-state index contributed by atoms with van der Waals surface area (Å²) in [4.78, 5) is 12.5. The molecule has 1 saturated heterocycles. The Morgan fingerprint density at radius 2 is 1.71 bits per heavy atom. The predicted molar refractivity (Wildman–Crippen MR) is 110 cm³/mol. The van der Waals surface area contributed by atoms with Gasteiger partial charge in [0, 0.05) is 29.4 Å². The first-order valence-corrected chi connectivity index (χ1v) is 11.2. The SMILES string of the molecule is C[C@H]([NH2+]CC(=O)Nc1ccc(S(=O)(=O)N2CCCC2)cc1)c1ccc(Cl)cc1. The van der Waals surface area contributed by atoms with Crippen LogP contribution >= 0.6 is 11.6 Å². The standard InChI is InChI=1S/C20H24ClN3O3S/c1-15(16-4-6-17(21)7-5-16)22-14-20(25)23-18-8-10-19(11-9-18)28(26,27)24-12-2-3-13-24/h4-11,15,22H,2-3,12-14H2,1H3,(H,23,25)/p+1/t15-/m0/s1. The van der Waals surface area contributed by atoms with Crippen LogP contribution in [0.3, 0.4) is 0 Å². The summed E-state index contributed by atoms with van der Waals surface area (Å²) in [5, 5.41) is 5.43. The van der Waals surface area contributed by atoms with E-state index in [4.69, 9.17) is 11.6 Å². The molecule has 0 aliphatic carbocycles. The minimum absolute atomic E-state index is 0.121. The predicted octanol–water partition coefficient (Wildman–Crippen LogP) is 2.39. The van der Waals surface area contributed by atoms with Crippen molar-refractivity contribution in [2.45, 2.75) is 30.7 Å². The molecule has 0 aromatic heterocycles. The number of quaternary nitrogens is 1. The normalized spacial score (nSPS) is 16.1. The molecule has 1 fully saturated rings. The maximum absolute atomic E-state index is 12.5. The minimum Gasteiger partial charge on any atom is -0.333 e. The van der Waals surface area contributed by atoms with E-state index in [1.807, 2.05) is 36.5 Å². The second kappa shape index (κ2) is 9.05. The fraction of sp³-hybridized carbons (Fsp3) is 0.350. The average Bonchev–Trinajstić information content (AvgIpc) is 3.23. The summed E-state index contributed by atoms with van der Waals surface area (Å²) in [5.74, 6) is -0.143. The van der Waals surface area contributed by atoms with E-state index >= 15 is 0 Å². The van der Waals surface area contributed by atoms with Crippen molar-refractivity contribution in [3.8, 4) is 0 Å². The maximum Gasteiger partial charge on any atom is 0.279 e. The number of sulfonamides is 1. The molecule has 0 saturated carbocycles. The third-order valence-corrected chi connectivity index (χ3v) is 7.06. The van der Waals surface area contributed by atoms with Crippen molar-refractivity contribution in [3.63, 3.8) is 0 Å². The Morgan fingerprint density at radius 3 is 2.32 bits per heavy atom. The molecule has 28 heavy (non-hydrogen) atoms. The number of carbonyl (C=O) groups excluding carboxylic acids is 1. The van der Waals surface area contributed by atoms with Crippen molar-refractivity contribution in [2.75, 3.05) is 25.0 Å². The molecule has 8 heteroatoms. The molecule has 2 aromatic rings. The van der Waals surface area contributed by atoms with Gasteiger partial charge in [-0.2, -0.15) is 4.31 Å². The average molecular weight is 423 g/mol. The maximum atomic E-state index is 12.5. The van der Waals surface area contributed by atoms with E-state index in [0.29, 0.717) is 23.8 Å². The molecule has 3 rings (SSSR count). The van der Waals surface area contributed by atoms with Gasteiger partial charge in [0.15, 0.2) is 6.54 Å². The van der Waals surface area contributed by atoms with Gasteiger partial charge in [-0.1, -0.05) is 23.7 Å². The van der Waals surface area contributed by atoms with Gasteiger partial charge in [0.05, 0.1) is 4.90 Å². The second-order valence-electron chi connectivity index (χ2n) is 6.96. The summed E-state index contributed by atoms with van der Waals surface area (Å²) in [6.45, 7) is 3.43. The lowest BCUT2D eigenvalue weighted by Crippen LogP contribution is -2.86. The lowest BCUT2D eigenvalue weighted by molar-refractivity contribution is -0.682. The largest absolute Gasteiger partial charge is 0.333 e. The van der Waals surface area contributed by atoms with E-state index in [1.54, 1.807) is 24.3 Å². The fourth-order valence-electron chi connectivity index (χ4n) is 3.19. The van der Waals surface area contributed by atoms with Crippen LogP contribution in [0.25, 0.3) is 0 Å².